The highest BCUT2D eigenvalue weighted by Gasteiger charge is 2.35. The van der Waals surface area contributed by atoms with Crippen molar-refractivity contribution in [3.63, 3.8) is 0 Å². The molecule has 1 aliphatic rings. The minimum absolute atomic E-state index is 0.0658. The van der Waals surface area contributed by atoms with Gasteiger partial charge in [-0.3, -0.25) is 9.78 Å². The fourth-order valence-corrected chi connectivity index (χ4v) is 3.24. The molecular weight excluding hydrogens is 336 g/mol. The minimum Gasteiger partial charge on any atom is -0.478 e. The van der Waals surface area contributed by atoms with E-state index in [0.29, 0.717) is 11.7 Å². The van der Waals surface area contributed by atoms with E-state index >= 15 is 0 Å². The molecule has 4 heteroatoms. The number of hydrogen-bond donors (Lipinski definition) is 0. The summed E-state index contributed by atoms with van der Waals surface area (Å²) in [4.78, 5) is 18.8. The zero-order chi connectivity index (χ0) is 19.3. The summed E-state index contributed by atoms with van der Waals surface area (Å²) in [5.74, 6) is 1.47. The van der Waals surface area contributed by atoms with Gasteiger partial charge in [0.15, 0.2) is 5.60 Å². The van der Waals surface area contributed by atoms with Crippen LogP contribution in [0.4, 0.5) is 0 Å². The van der Waals surface area contributed by atoms with E-state index in [4.69, 9.17) is 4.74 Å². The summed E-state index contributed by atoms with van der Waals surface area (Å²) in [5, 5.41) is 0. The Morgan fingerprint density at radius 2 is 1.59 bits per heavy atom. The lowest BCUT2D eigenvalue weighted by atomic mass is 9.97. The Kier molecular flexibility index (Phi) is 5.94. The van der Waals surface area contributed by atoms with Gasteiger partial charge in [-0.1, -0.05) is 31.2 Å². The lowest BCUT2D eigenvalue weighted by Crippen LogP contribution is -2.51. The Bertz CT molecular complexity index is 774. The number of likely N-dealkylation sites (tertiary alicyclic amines) is 1. The monoisotopic (exact) mass is 364 g/mol. The van der Waals surface area contributed by atoms with Gasteiger partial charge in [0.1, 0.15) is 5.75 Å². The second kappa shape index (κ2) is 8.38. The minimum atomic E-state index is -0.866. The van der Waals surface area contributed by atoms with Gasteiger partial charge in [-0.05, 0) is 68.0 Å². The molecule has 2 aromatic rings. The highest BCUT2D eigenvalue weighted by Crippen LogP contribution is 2.24. The van der Waals surface area contributed by atoms with E-state index in [2.05, 4.69) is 11.9 Å². The van der Waals surface area contributed by atoms with Crippen molar-refractivity contribution in [3.8, 4) is 5.75 Å². The van der Waals surface area contributed by atoms with Crippen LogP contribution in [0.15, 0.2) is 48.8 Å². The highest BCUT2D eigenvalue weighted by molar-refractivity contribution is 5.85. The molecule has 1 saturated heterocycles. The number of carbonyl (C=O) groups excluding carboxylic acids is 1. The molecule has 27 heavy (non-hydrogen) atoms. The first-order valence-electron chi connectivity index (χ1n) is 9.60. The number of carbonyl (C=O) groups is 1. The van der Waals surface area contributed by atoms with Crippen LogP contribution in [0, 0.1) is 5.92 Å². The molecule has 1 aromatic heterocycles. The van der Waals surface area contributed by atoms with Crippen molar-refractivity contribution < 1.29 is 9.53 Å². The first kappa shape index (κ1) is 19.2. The fourth-order valence-electron chi connectivity index (χ4n) is 3.24. The van der Waals surface area contributed by atoms with Crippen LogP contribution in [0.25, 0.3) is 12.2 Å². The number of aromatic nitrogens is 1. The number of piperidine rings is 1. The normalized spacial score (nSPS) is 15.9. The van der Waals surface area contributed by atoms with Crippen LogP contribution in [0.1, 0.15) is 44.7 Å². The van der Waals surface area contributed by atoms with E-state index in [0.717, 1.165) is 37.1 Å². The van der Waals surface area contributed by atoms with E-state index in [-0.39, 0.29) is 5.91 Å². The van der Waals surface area contributed by atoms with Crippen molar-refractivity contribution in [1.82, 2.24) is 9.88 Å². The van der Waals surface area contributed by atoms with Crippen LogP contribution in [0.2, 0.25) is 0 Å². The molecule has 0 atom stereocenters. The molecular formula is C23H28N2O2. The largest absolute Gasteiger partial charge is 0.478 e. The number of ether oxygens (including phenoxy) is 1. The fraction of sp³-hybridized carbons (Fsp3) is 0.391. The lowest BCUT2D eigenvalue weighted by Gasteiger charge is -2.36. The van der Waals surface area contributed by atoms with Crippen molar-refractivity contribution in [3.05, 3.63) is 59.9 Å². The summed E-state index contributed by atoms with van der Waals surface area (Å²) < 4.78 is 6.04. The molecule has 142 valence electrons. The molecule has 3 rings (SSSR count). The second-order valence-electron chi connectivity index (χ2n) is 7.77. The van der Waals surface area contributed by atoms with Gasteiger partial charge < -0.3 is 9.64 Å². The first-order valence-corrected chi connectivity index (χ1v) is 9.60. The predicted octanol–water partition coefficient (Wildman–Crippen LogP) is 4.67. The maximum atomic E-state index is 12.8. The number of nitrogens with zero attached hydrogens (tertiary/aromatic N) is 2. The summed E-state index contributed by atoms with van der Waals surface area (Å²) in [5.41, 5.74) is 1.32. The van der Waals surface area contributed by atoms with Gasteiger partial charge in [0.05, 0.1) is 0 Å². The number of amides is 1. The molecule has 0 aliphatic carbocycles. The van der Waals surface area contributed by atoms with Crippen molar-refractivity contribution >= 4 is 18.1 Å². The molecule has 0 unspecified atom stereocenters. The van der Waals surface area contributed by atoms with Crippen LogP contribution >= 0.6 is 0 Å². The van der Waals surface area contributed by atoms with E-state index in [1.165, 1.54) is 0 Å². The zero-order valence-corrected chi connectivity index (χ0v) is 16.4. The van der Waals surface area contributed by atoms with Crippen LogP contribution in [0.3, 0.4) is 0 Å². The van der Waals surface area contributed by atoms with E-state index < -0.39 is 5.60 Å². The van der Waals surface area contributed by atoms with Gasteiger partial charge in [0, 0.05) is 25.5 Å². The molecule has 1 aliphatic heterocycles. The summed E-state index contributed by atoms with van der Waals surface area (Å²) in [6, 6.07) is 11.7. The van der Waals surface area contributed by atoms with Crippen molar-refractivity contribution in [2.75, 3.05) is 13.1 Å². The average Bonchev–Trinajstić information content (AvgIpc) is 2.68. The van der Waals surface area contributed by atoms with Gasteiger partial charge in [-0.2, -0.15) is 0 Å². The zero-order valence-electron chi connectivity index (χ0n) is 16.4. The molecule has 1 aromatic carbocycles. The predicted molar refractivity (Wildman–Crippen MR) is 109 cm³/mol. The van der Waals surface area contributed by atoms with E-state index in [1.807, 2.05) is 67.3 Å². The van der Waals surface area contributed by atoms with E-state index in [9.17, 15) is 4.79 Å². The van der Waals surface area contributed by atoms with Gasteiger partial charge in [0.25, 0.3) is 5.91 Å². The molecule has 0 radical (unpaired) electrons. The summed E-state index contributed by atoms with van der Waals surface area (Å²) >= 11 is 0. The Hall–Kier alpha value is -2.62. The van der Waals surface area contributed by atoms with Gasteiger partial charge in [-0.15, -0.1) is 0 Å². The third-order valence-corrected chi connectivity index (χ3v) is 5.01. The second-order valence-corrected chi connectivity index (χ2v) is 7.77. The Balaban J connectivity index is 1.61. The molecule has 4 nitrogen and oxygen atoms in total. The number of benzene rings is 1. The molecule has 2 heterocycles. The number of rotatable bonds is 5. The molecule has 0 saturated carbocycles. The maximum Gasteiger partial charge on any atom is 0.266 e. The Morgan fingerprint density at radius 3 is 2.19 bits per heavy atom. The van der Waals surface area contributed by atoms with Crippen molar-refractivity contribution in [1.29, 1.82) is 0 Å². The lowest BCUT2D eigenvalue weighted by molar-refractivity contribution is -0.146. The molecule has 1 amide bonds. The van der Waals surface area contributed by atoms with Crippen LogP contribution < -0.4 is 4.74 Å². The molecule has 0 bridgehead atoms. The van der Waals surface area contributed by atoms with Crippen molar-refractivity contribution in [2.24, 2.45) is 5.92 Å². The SMILES string of the molecule is CC1CCN(C(=O)C(C)(C)Oc2ccc(/C=C/c3ccncc3)cc2)CC1. The quantitative estimate of drug-likeness (QED) is 0.774. The topological polar surface area (TPSA) is 42.4 Å². The highest BCUT2D eigenvalue weighted by atomic mass is 16.5. The number of pyridine rings is 1. The van der Waals surface area contributed by atoms with Gasteiger partial charge >= 0.3 is 0 Å². The Morgan fingerprint density at radius 1 is 1.04 bits per heavy atom. The summed E-state index contributed by atoms with van der Waals surface area (Å²) in [6.45, 7) is 7.60. The Labute approximate surface area is 161 Å². The van der Waals surface area contributed by atoms with Gasteiger partial charge in [0.2, 0.25) is 0 Å². The van der Waals surface area contributed by atoms with E-state index in [1.54, 1.807) is 12.4 Å². The van der Waals surface area contributed by atoms with Crippen LogP contribution in [-0.2, 0) is 4.79 Å². The third-order valence-electron chi connectivity index (χ3n) is 5.01. The smallest absolute Gasteiger partial charge is 0.266 e. The van der Waals surface area contributed by atoms with Crippen LogP contribution in [0.5, 0.6) is 5.75 Å². The summed E-state index contributed by atoms with van der Waals surface area (Å²) in [7, 11) is 0. The first-order chi connectivity index (χ1) is 12.9. The molecule has 1 fully saturated rings. The van der Waals surface area contributed by atoms with Crippen molar-refractivity contribution in [2.45, 2.75) is 39.2 Å². The number of hydrogen-bond acceptors (Lipinski definition) is 3. The summed E-state index contributed by atoms with van der Waals surface area (Å²) in [6.07, 6.45) is 9.78. The van der Waals surface area contributed by atoms with Gasteiger partial charge in [-0.25, -0.2) is 0 Å². The van der Waals surface area contributed by atoms with Crippen LogP contribution in [-0.4, -0.2) is 34.5 Å². The molecule has 0 spiro atoms. The maximum absolute atomic E-state index is 12.8. The molecule has 0 N–H and O–H groups in total. The third kappa shape index (κ3) is 5.19. The standard InChI is InChI=1S/C23H28N2O2/c1-18-12-16-25(17-13-18)22(26)23(2,3)27-21-8-6-19(7-9-21)4-5-20-10-14-24-15-11-20/h4-11,14-15,18H,12-13,16-17H2,1-3H3/b5-4+. The average molecular weight is 364 g/mol.